The molecule has 0 radical (unpaired) electrons. The summed E-state index contributed by atoms with van der Waals surface area (Å²) in [5.41, 5.74) is 2.83. The molecule has 0 N–H and O–H groups in total. The first-order chi connectivity index (χ1) is 9.08. The molecule has 0 aliphatic carbocycles. The van der Waals surface area contributed by atoms with Gasteiger partial charge in [-0.25, -0.2) is 4.98 Å². The molecule has 0 unspecified atom stereocenters. The van der Waals surface area contributed by atoms with Crippen molar-refractivity contribution in [1.29, 1.82) is 0 Å². The number of hydrogen-bond donors (Lipinski definition) is 0. The van der Waals surface area contributed by atoms with Crippen LogP contribution in [0.1, 0.15) is 0 Å². The Kier molecular flexibility index (Phi) is 3.29. The van der Waals surface area contributed by atoms with E-state index in [2.05, 4.69) is 20.9 Å². The second-order valence-electron chi connectivity index (χ2n) is 4.23. The Morgan fingerprint density at radius 2 is 1.79 bits per heavy atom. The number of halogens is 3. The second-order valence-corrected chi connectivity index (χ2v) is 5.90. The van der Waals surface area contributed by atoms with E-state index in [1.165, 1.54) is 0 Å². The summed E-state index contributed by atoms with van der Waals surface area (Å²) in [6.07, 6.45) is 0. The summed E-state index contributed by atoms with van der Waals surface area (Å²) in [5.74, 6) is 0.876. The lowest BCUT2D eigenvalue weighted by Gasteiger charge is -2.04. The van der Waals surface area contributed by atoms with Crippen LogP contribution in [0.2, 0.25) is 10.0 Å². The van der Waals surface area contributed by atoms with Crippen LogP contribution in [0.4, 0.5) is 0 Å². The highest BCUT2D eigenvalue weighted by molar-refractivity contribution is 9.10. The zero-order valence-corrected chi connectivity index (χ0v) is 13.1. The fourth-order valence-electron chi connectivity index (χ4n) is 2.07. The standard InChI is InChI=1S/C14H9BrCl2N2/c1-19-13-7-11(17)10(16)6-12(13)18-14(19)8-4-2-3-5-9(8)15/h2-7H,1H3. The van der Waals surface area contributed by atoms with Gasteiger partial charge >= 0.3 is 0 Å². The molecule has 2 aromatic carbocycles. The lowest BCUT2D eigenvalue weighted by molar-refractivity contribution is 0.958. The molecule has 0 aliphatic rings. The third kappa shape index (κ3) is 2.16. The zero-order valence-electron chi connectivity index (χ0n) is 9.99. The van der Waals surface area contributed by atoms with Crippen molar-refractivity contribution in [3.05, 3.63) is 50.9 Å². The fraction of sp³-hybridized carbons (Fsp3) is 0.0714. The molecule has 0 saturated carbocycles. The van der Waals surface area contributed by atoms with Crippen LogP contribution in [-0.2, 0) is 7.05 Å². The van der Waals surface area contributed by atoms with E-state index in [1.807, 2.05) is 41.9 Å². The largest absolute Gasteiger partial charge is 0.327 e. The van der Waals surface area contributed by atoms with Crippen molar-refractivity contribution in [1.82, 2.24) is 9.55 Å². The predicted molar refractivity (Wildman–Crippen MR) is 83.9 cm³/mol. The van der Waals surface area contributed by atoms with Crippen molar-refractivity contribution in [3.63, 3.8) is 0 Å². The fourth-order valence-corrected chi connectivity index (χ4v) is 2.85. The highest BCUT2D eigenvalue weighted by Crippen LogP contribution is 2.33. The lowest BCUT2D eigenvalue weighted by atomic mass is 10.2. The highest BCUT2D eigenvalue weighted by atomic mass is 79.9. The molecular weight excluding hydrogens is 347 g/mol. The maximum absolute atomic E-state index is 6.06. The van der Waals surface area contributed by atoms with Gasteiger partial charge < -0.3 is 4.57 Å². The van der Waals surface area contributed by atoms with Crippen molar-refractivity contribution in [2.45, 2.75) is 0 Å². The van der Waals surface area contributed by atoms with Crippen LogP contribution in [0.3, 0.4) is 0 Å². The maximum Gasteiger partial charge on any atom is 0.142 e. The summed E-state index contributed by atoms with van der Waals surface area (Å²) < 4.78 is 3.02. The van der Waals surface area contributed by atoms with Crippen LogP contribution in [0.5, 0.6) is 0 Å². The Balaban J connectivity index is 2.32. The number of rotatable bonds is 1. The van der Waals surface area contributed by atoms with E-state index in [1.54, 1.807) is 6.07 Å². The van der Waals surface area contributed by atoms with Gasteiger partial charge in [-0.15, -0.1) is 0 Å². The van der Waals surface area contributed by atoms with E-state index in [-0.39, 0.29) is 0 Å². The Morgan fingerprint density at radius 1 is 1.11 bits per heavy atom. The van der Waals surface area contributed by atoms with Crippen molar-refractivity contribution < 1.29 is 0 Å². The Morgan fingerprint density at radius 3 is 2.53 bits per heavy atom. The topological polar surface area (TPSA) is 17.8 Å². The second kappa shape index (κ2) is 4.82. The smallest absolute Gasteiger partial charge is 0.142 e. The van der Waals surface area contributed by atoms with Crippen LogP contribution in [-0.4, -0.2) is 9.55 Å². The quantitative estimate of drug-likeness (QED) is 0.578. The third-order valence-corrected chi connectivity index (χ3v) is 4.45. The van der Waals surface area contributed by atoms with Crippen molar-refractivity contribution in [3.8, 4) is 11.4 Å². The minimum Gasteiger partial charge on any atom is -0.327 e. The van der Waals surface area contributed by atoms with Gasteiger partial charge in [0.05, 0.1) is 21.1 Å². The molecule has 1 heterocycles. The van der Waals surface area contributed by atoms with Crippen LogP contribution < -0.4 is 0 Å². The van der Waals surface area contributed by atoms with E-state index in [9.17, 15) is 0 Å². The maximum atomic E-state index is 6.06. The summed E-state index contributed by atoms with van der Waals surface area (Å²) >= 11 is 15.6. The first kappa shape index (κ1) is 13.0. The minimum atomic E-state index is 0.519. The Hall–Kier alpha value is -1.03. The predicted octanol–water partition coefficient (Wildman–Crippen LogP) is 5.31. The molecule has 0 saturated heterocycles. The third-order valence-electron chi connectivity index (χ3n) is 3.04. The van der Waals surface area contributed by atoms with Gasteiger partial charge in [-0.3, -0.25) is 0 Å². The van der Waals surface area contributed by atoms with Crippen molar-refractivity contribution in [2.24, 2.45) is 7.05 Å². The monoisotopic (exact) mass is 354 g/mol. The molecule has 5 heteroatoms. The average Bonchev–Trinajstić information content (AvgIpc) is 2.68. The molecule has 19 heavy (non-hydrogen) atoms. The van der Waals surface area contributed by atoms with Gasteiger partial charge in [-0.1, -0.05) is 57.3 Å². The summed E-state index contributed by atoms with van der Waals surface area (Å²) in [5, 5.41) is 1.06. The van der Waals surface area contributed by atoms with E-state index in [4.69, 9.17) is 23.2 Å². The van der Waals surface area contributed by atoms with Crippen LogP contribution >= 0.6 is 39.1 Å². The average molecular weight is 356 g/mol. The zero-order chi connectivity index (χ0) is 13.6. The molecule has 96 valence electrons. The number of nitrogens with zero attached hydrogens (tertiary/aromatic N) is 2. The molecular formula is C14H9BrCl2N2. The summed E-state index contributed by atoms with van der Waals surface area (Å²) in [7, 11) is 1.97. The van der Waals surface area contributed by atoms with E-state index >= 15 is 0 Å². The Labute approximate surface area is 129 Å². The summed E-state index contributed by atoms with van der Waals surface area (Å²) in [4.78, 5) is 4.64. The van der Waals surface area contributed by atoms with Crippen molar-refractivity contribution >= 4 is 50.2 Å². The van der Waals surface area contributed by atoms with Crippen molar-refractivity contribution in [2.75, 3.05) is 0 Å². The van der Waals surface area contributed by atoms with Gasteiger partial charge in [0, 0.05) is 17.1 Å². The highest BCUT2D eigenvalue weighted by Gasteiger charge is 2.13. The van der Waals surface area contributed by atoms with Crippen LogP contribution in [0, 0.1) is 0 Å². The van der Waals surface area contributed by atoms with Gasteiger partial charge in [-0.05, 0) is 18.2 Å². The van der Waals surface area contributed by atoms with Gasteiger partial charge in [-0.2, -0.15) is 0 Å². The number of imidazole rings is 1. The minimum absolute atomic E-state index is 0.519. The summed E-state index contributed by atoms with van der Waals surface area (Å²) in [6.45, 7) is 0. The van der Waals surface area contributed by atoms with Gasteiger partial charge in [0.25, 0.3) is 0 Å². The van der Waals surface area contributed by atoms with Crippen LogP contribution in [0.15, 0.2) is 40.9 Å². The SMILES string of the molecule is Cn1c(-c2ccccc2Br)nc2cc(Cl)c(Cl)cc21. The van der Waals surface area contributed by atoms with E-state index < -0.39 is 0 Å². The molecule has 3 rings (SSSR count). The molecule has 0 atom stereocenters. The van der Waals surface area contributed by atoms with E-state index in [0.29, 0.717) is 10.0 Å². The Bertz CT molecular complexity index is 780. The number of hydrogen-bond acceptors (Lipinski definition) is 1. The first-order valence-corrected chi connectivity index (χ1v) is 7.19. The number of aryl methyl sites for hydroxylation is 1. The van der Waals surface area contributed by atoms with E-state index in [0.717, 1.165) is 26.9 Å². The molecule has 0 bridgehead atoms. The molecule has 0 spiro atoms. The molecule has 2 nitrogen and oxygen atoms in total. The summed E-state index contributed by atoms with van der Waals surface area (Å²) in [6, 6.07) is 11.6. The van der Waals surface area contributed by atoms with Gasteiger partial charge in [0.2, 0.25) is 0 Å². The molecule has 0 amide bonds. The molecule has 0 aliphatic heterocycles. The van der Waals surface area contributed by atoms with Gasteiger partial charge in [0.15, 0.2) is 0 Å². The number of fused-ring (bicyclic) bond motifs is 1. The van der Waals surface area contributed by atoms with Crippen LogP contribution in [0.25, 0.3) is 22.4 Å². The lowest BCUT2D eigenvalue weighted by Crippen LogP contribution is -1.93. The first-order valence-electron chi connectivity index (χ1n) is 5.64. The number of aromatic nitrogens is 2. The molecule has 0 fully saturated rings. The normalized spacial score (nSPS) is 11.2. The molecule has 1 aromatic heterocycles. The molecule has 3 aromatic rings. The van der Waals surface area contributed by atoms with Gasteiger partial charge in [0.1, 0.15) is 5.82 Å². The number of benzene rings is 2.